The lowest BCUT2D eigenvalue weighted by Crippen LogP contribution is -2.23. The van der Waals surface area contributed by atoms with Gasteiger partial charge in [-0.1, -0.05) is 46.3 Å². The molecule has 0 saturated heterocycles. The highest BCUT2D eigenvalue weighted by atomic mass is 79.9. The molecule has 0 bridgehead atoms. The Hall–Kier alpha value is -2.07. The number of ether oxygens (including phenoxy) is 1. The van der Waals surface area contributed by atoms with Crippen LogP contribution in [0, 0.1) is 0 Å². The van der Waals surface area contributed by atoms with Gasteiger partial charge in [-0.15, -0.1) is 0 Å². The fourth-order valence-corrected chi connectivity index (χ4v) is 2.37. The number of nitrogens with one attached hydrogen (secondary N) is 1. The van der Waals surface area contributed by atoms with Gasteiger partial charge in [0, 0.05) is 17.1 Å². The first-order chi connectivity index (χ1) is 10.7. The maximum atomic E-state index is 11.8. The summed E-state index contributed by atoms with van der Waals surface area (Å²) in [6, 6.07) is 15.6. The van der Waals surface area contributed by atoms with Crippen LogP contribution in [0.4, 0.5) is 0 Å². The Balaban J connectivity index is 1.79. The number of benzene rings is 2. The number of hydrogen-bond acceptors (Lipinski definition) is 2. The molecule has 0 radical (unpaired) electrons. The molecule has 0 saturated carbocycles. The van der Waals surface area contributed by atoms with Crippen molar-refractivity contribution in [3.05, 3.63) is 70.2 Å². The Kier molecular flexibility index (Phi) is 6.22. The molecule has 1 N–H and O–H groups in total. The number of rotatable bonds is 6. The topological polar surface area (TPSA) is 38.3 Å². The van der Waals surface area contributed by atoms with E-state index in [0.717, 1.165) is 27.8 Å². The van der Waals surface area contributed by atoms with Crippen LogP contribution in [0.2, 0.25) is 0 Å². The molecule has 0 fully saturated rings. The van der Waals surface area contributed by atoms with Crippen molar-refractivity contribution in [2.24, 2.45) is 0 Å². The lowest BCUT2D eigenvalue weighted by molar-refractivity contribution is -0.116. The van der Waals surface area contributed by atoms with E-state index >= 15 is 0 Å². The molecule has 0 spiro atoms. The highest BCUT2D eigenvalue weighted by Gasteiger charge is 1.99. The number of carbonyl (C=O) groups excluding carboxylic acids is 1. The Labute approximate surface area is 139 Å². The SMILES string of the molecule is COc1ccc(CCNC(=O)C=Cc2ccccc2Br)cc1. The average molecular weight is 360 g/mol. The third-order valence-electron chi connectivity index (χ3n) is 3.19. The second kappa shape index (κ2) is 8.39. The first-order valence-corrected chi connectivity index (χ1v) is 7.81. The van der Waals surface area contributed by atoms with Gasteiger partial charge in [0.15, 0.2) is 0 Å². The summed E-state index contributed by atoms with van der Waals surface area (Å²) in [5.41, 5.74) is 2.14. The first kappa shape index (κ1) is 16.3. The van der Waals surface area contributed by atoms with Crippen molar-refractivity contribution in [3.8, 4) is 5.75 Å². The van der Waals surface area contributed by atoms with E-state index in [1.165, 1.54) is 0 Å². The van der Waals surface area contributed by atoms with Gasteiger partial charge < -0.3 is 10.1 Å². The van der Waals surface area contributed by atoms with Crippen molar-refractivity contribution < 1.29 is 9.53 Å². The fraction of sp³-hybridized carbons (Fsp3) is 0.167. The number of carbonyl (C=O) groups is 1. The van der Waals surface area contributed by atoms with Crippen molar-refractivity contribution in [1.82, 2.24) is 5.32 Å². The normalized spacial score (nSPS) is 10.6. The molecule has 0 aromatic heterocycles. The number of halogens is 1. The highest BCUT2D eigenvalue weighted by molar-refractivity contribution is 9.10. The van der Waals surface area contributed by atoms with Gasteiger partial charge in [-0.2, -0.15) is 0 Å². The van der Waals surface area contributed by atoms with Gasteiger partial charge in [0.2, 0.25) is 5.91 Å². The number of hydrogen-bond donors (Lipinski definition) is 1. The van der Waals surface area contributed by atoms with E-state index in [4.69, 9.17) is 4.74 Å². The van der Waals surface area contributed by atoms with Crippen LogP contribution in [0.15, 0.2) is 59.1 Å². The summed E-state index contributed by atoms with van der Waals surface area (Å²) in [5.74, 6) is 0.744. The summed E-state index contributed by atoms with van der Waals surface area (Å²) in [4.78, 5) is 11.8. The van der Waals surface area contributed by atoms with Crippen molar-refractivity contribution in [2.45, 2.75) is 6.42 Å². The zero-order valence-corrected chi connectivity index (χ0v) is 14.0. The van der Waals surface area contributed by atoms with E-state index < -0.39 is 0 Å². The molecule has 0 aliphatic rings. The Morgan fingerprint density at radius 1 is 1.18 bits per heavy atom. The molecule has 0 aliphatic carbocycles. The van der Waals surface area contributed by atoms with Gasteiger partial charge in [0.05, 0.1) is 7.11 Å². The maximum absolute atomic E-state index is 11.8. The molecule has 0 atom stereocenters. The van der Waals surface area contributed by atoms with Crippen molar-refractivity contribution in [3.63, 3.8) is 0 Å². The second-order valence-electron chi connectivity index (χ2n) is 4.74. The zero-order valence-electron chi connectivity index (χ0n) is 12.4. The van der Waals surface area contributed by atoms with Crippen molar-refractivity contribution >= 4 is 27.9 Å². The minimum atomic E-state index is -0.0933. The lowest BCUT2D eigenvalue weighted by atomic mass is 10.1. The predicted octanol–water partition coefficient (Wildman–Crippen LogP) is 3.83. The molecule has 2 aromatic carbocycles. The second-order valence-corrected chi connectivity index (χ2v) is 5.60. The summed E-state index contributed by atoms with van der Waals surface area (Å²) in [6.45, 7) is 0.603. The third-order valence-corrected chi connectivity index (χ3v) is 3.91. The fourth-order valence-electron chi connectivity index (χ4n) is 1.96. The molecule has 4 heteroatoms. The monoisotopic (exact) mass is 359 g/mol. The van der Waals surface area contributed by atoms with Crippen LogP contribution in [0.3, 0.4) is 0 Å². The van der Waals surface area contributed by atoms with E-state index in [1.807, 2.05) is 48.5 Å². The molecule has 22 heavy (non-hydrogen) atoms. The quantitative estimate of drug-likeness (QED) is 0.796. The van der Waals surface area contributed by atoms with Crippen LogP contribution in [-0.4, -0.2) is 19.6 Å². The van der Waals surface area contributed by atoms with Gasteiger partial charge >= 0.3 is 0 Å². The predicted molar refractivity (Wildman–Crippen MR) is 92.9 cm³/mol. The van der Waals surface area contributed by atoms with E-state index in [-0.39, 0.29) is 5.91 Å². The van der Waals surface area contributed by atoms with Crippen LogP contribution >= 0.6 is 15.9 Å². The van der Waals surface area contributed by atoms with E-state index in [1.54, 1.807) is 19.3 Å². The van der Waals surface area contributed by atoms with E-state index in [9.17, 15) is 4.79 Å². The van der Waals surface area contributed by atoms with Crippen molar-refractivity contribution in [2.75, 3.05) is 13.7 Å². The molecule has 1 amide bonds. The molecular weight excluding hydrogens is 342 g/mol. The molecule has 2 rings (SSSR count). The standard InChI is InChI=1S/C18H18BrNO2/c1-22-16-9-6-14(7-10-16)12-13-20-18(21)11-8-15-4-2-3-5-17(15)19/h2-11H,12-13H2,1H3,(H,20,21). The van der Waals surface area contributed by atoms with Crippen LogP contribution < -0.4 is 10.1 Å². The molecular formula is C18H18BrNO2. The third kappa shape index (κ3) is 5.04. The lowest BCUT2D eigenvalue weighted by Gasteiger charge is -2.04. The summed E-state index contributed by atoms with van der Waals surface area (Å²) >= 11 is 3.45. The first-order valence-electron chi connectivity index (χ1n) is 7.02. The van der Waals surface area contributed by atoms with Gasteiger partial charge in [0.1, 0.15) is 5.75 Å². The largest absolute Gasteiger partial charge is 0.497 e. The van der Waals surface area contributed by atoms with Crippen LogP contribution in [0.25, 0.3) is 6.08 Å². The van der Waals surface area contributed by atoms with Crippen molar-refractivity contribution in [1.29, 1.82) is 0 Å². The van der Waals surface area contributed by atoms with Crippen LogP contribution in [0.1, 0.15) is 11.1 Å². The van der Waals surface area contributed by atoms with Gasteiger partial charge in [-0.3, -0.25) is 4.79 Å². The average Bonchev–Trinajstić information content (AvgIpc) is 2.55. The number of methoxy groups -OCH3 is 1. The Morgan fingerprint density at radius 2 is 1.91 bits per heavy atom. The number of amides is 1. The minimum absolute atomic E-state index is 0.0933. The zero-order chi connectivity index (χ0) is 15.8. The summed E-state index contributed by atoms with van der Waals surface area (Å²) in [7, 11) is 1.65. The Bertz CT molecular complexity index is 650. The summed E-state index contributed by atoms with van der Waals surface area (Å²) in [6.07, 6.45) is 4.14. The molecule has 3 nitrogen and oxygen atoms in total. The van der Waals surface area contributed by atoms with E-state index in [2.05, 4.69) is 21.2 Å². The smallest absolute Gasteiger partial charge is 0.244 e. The highest BCUT2D eigenvalue weighted by Crippen LogP contribution is 2.17. The Morgan fingerprint density at radius 3 is 2.59 bits per heavy atom. The molecule has 2 aromatic rings. The molecule has 114 valence electrons. The minimum Gasteiger partial charge on any atom is -0.497 e. The van der Waals surface area contributed by atoms with Crippen LogP contribution in [0.5, 0.6) is 5.75 Å². The summed E-state index contributed by atoms with van der Waals surface area (Å²) in [5, 5.41) is 2.88. The van der Waals surface area contributed by atoms with Gasteiger partial charge in [-0.25, -0.2) is 0 Å². The summed E-state index contributed by atoms with van der Waals surface area (Å²) < 4.78 is 6.08. The van der Waals surface area contributed by atoms with Crippen LogP contribution in [-0.2, 0) is 11.2 Å². The molecule has 0 aliphatic heterocycles. The van der Waals surface area contributed by atoms with Gasteiger partial charge in [-0.05, 0) is 41.8 Å². The van der Waals surface area contributed by atoms with Gasteiger partial charge in [0.25, 0.3) is 0 Å². The molecule has 0 heterocycles. The van der Waals surface area contributed by atoms with E-state index in [0.29, 0.717) is 6.54 Å². The maximum Gasteiger partial charge on any atom is 0.244 e. The molecule has 0 unspecified atom stereocenters.